The molecule has 1 fully saturated rings. The highest BCUT2D eigenvalue weighted by Crippen LogP contribution is 2.21. The highest BCUT2D eigenvalue weighted by Gasteiger charge is 2.15. The Morgan fingerprint density at radius 1 is 1.00 bits per heavy atom. The molecule has 1 aromatic carbocycles. The molecule has 2 heterocycles. The molecule has 4 nitrogen and oxygen atoms in total. The van der Waals surface area contributed by atoms with Crippen molar-refractivity contribution < 1.29 is 0 Å². The van der Waals surface area contributed by atoms with E-state index < -0.39 is 0 Å². The highest BCUT2D eigenvalue weighted by atomic mass is 15.3. The second kappa shape index (κ2) is 5.49. The second-order valence-electron chi connectivity index (χ2n) is 5.38. The summed E-state index contributed by atoms with van der Waals surface area (Å²) in [5.74, 6) is 1.71. The Kier molecular flexibility index (Phi) is 3.54. The van der Waals surface area contributed by atoms with Crippen LogP contribution < -0.4 is 10.2 Å². The zero-order valence-corrected chi connectivity index (χ0v) is 12.1. The largest absolute Gasteiger partial charge is 0.341 e. The van der Waals surface area contributed by atoms with Gasteiger partial charge in [-0.1, -0.05) is 17.7 Å². The molecule has 3 rings (SSSR count). The van der Waals surface area contributed by atoms with Gasteiger partial charge in [-0.15, -0.1) is 0 Å². The van der Waals surface area contributed by atoms with Gasteiger partial charge in [-0.05, 0) is 38.8 Å². The molecule has 0 atom stereocenters. The van der Waals surface area contributed by atoms with Crippen molar-refractivity contribution >= 4 is 17.5 Å². The maximum Gasteiger partial charge on any atom is 0.227 e. The summed E-state index contributed by atoms with van der Waals surface area (Å²) in [5.41, 5.74) is 3.31. The first-order chi connectivity index (χ1) is 9.70. The smallest absolute Gasteiger partial charge is 0.227 e. The van der Waals surface area contributed by atoms with Gasteiger partial charge in [0, 0.05) is 30.5 Å². The van der Waals surface area contributed by atoms with Gasteiger partial charge in [0.15, 0.2) is 0 Å². The third kappa shape index (κ3) is 2.90. The number of anilines is 3. The van der Waals surface area contributed by atoms with Gasteiger partial charge in [-0.3, -0.25) is 0 Å². The zero-order valence-electron chi connectivity index (χ0n) is 12.1. The maximum atomic E-state index is 4.64. The van der Waals surface area contributed by atoms with Crippen LogP contribution in [0.25, 0.3) is 0 Å². The average Bonchev–Trinajstić information content (AvgIpc) is 2.95. The summed E-state index contributed by atoms with van der Waals surface area (Å²) in [6, 6.07) is 10.3. The molecule has 0 saturated carbocycles. The minimum absolute atomic E-state index is 0.845. The van der Waals surface area contributed by atoms with E-state index in [1.54, 1.807) is 0 Å². The molecule has 1 saturated heterocycles. The van der Waals surface area contributed by atoms with Gasteiger partial charge < -0.3 is 10.2 Å². The predicted molar refractivity (Wildman–Crippen MR) is 82.7 cm³/mol. The number of benzene rings is 1. The molecule has 4 heteroatoms. The van der Waals surface area contributed by atoms with Crippen molar-refractivity contribution in [3.8, 4) is 0 Å². The van der Waals surface area contributed by atoms with E-state index in [-0.39, 0.29) is 0 Å². The minimum atomic E-state index is 0.845. The summed E-state index contributed by atoms with van der Waals surface area (Å²) in [6.45, 7) is 6.23. The molecule has 0 bridgehead atoms. The van der Waals surface area contributed by atoms with Gasteiger partial charge in [0.2, 0.25) is 5.95 Å². The Hall–Kier alpha value is -2.10. The van der Waals surface area contributed by atoms with E-state index in [9.17, 15) is 0 Å². The van der Waals surface area contributed by atoms with Crippen molar-refractivity contribution in [2.45, 2.75) is 26.7 Å². The van der Waals surface area contributed by atoms with Crippen molar-refractivity contribution in [3.63, 3.8) is 0 Å². The molecule has 20 heavy (non-hydrogen) atoms. The van der Waals surface area contributed by atoms with E-state index in [4.69, 9.17) is 0 Å². The minimum Gasteiger partial charge on any atom is -0.341 e. The third-order valence-corrected chi connectivity index (χ3v) is 3.56. The zero-order chi connectivity index (χ0) is 13.9. The summed E-state index contributed by atoms with van der Waals surface area (Å²) >= 11 is 0. The fraction of sp³-hybridized carbons (Fsp3) is 0.375. The molecule has 1 N–H and O–H groups in total. The van der Waals surface area contributed by atoms with Gasteiger partial charge in [0.25, 0.3) is 0 Å². The molecule has 1 aliphatic heterocycles. The van der Waals surface area contributed by atoms with Crippen molar-refractivity contribution in [2.24, 2.45) is 0 Å². The lowest BCUT2D eigenvalue weighted by molar-refractivity contribution is 0.891. The standard InChI is InChI=1S/C16H20N4/c1-12-5-7-14(8-6-12)18-15-11-13(2)17-16(19-15)20-9-3-4-10-20/h5-8,11H,3-4,9-10H2,1-2H3,(H,17,18,19). The summed E-state index contributed by atoms with van der Waals surface area (Å²) in [5, 5.41) is 3.36. The quantitative estimate of drug-likeness (QED) is 0.926. The molecule has 1 aromatic heterocycles. The highest BCUT2D eigenvalue weighted by molar-refractivity contribution is 5.58. The van der Waals surface area contributed by atoms with Crippen LogP contribution in [0.3, 0.4) is 0 Å². The molecule has 2 aromatic rings. The summed E-state index contributed by atoms with van der Waals surface area (Å²) in [6.07, 6.45) is 2.47. The van der Waals surface area contributed by atoms with Crippen LogP contribution in [0.4, 0.5) is 17.5 Å². The normalized spacial score (nSPS) is 14.6. The van der Waals surface area contributed by atoms with Crippen molar-refractivity contribution in [2.75, 3.05) is 23.3 Å². The van der Waals surface area contributed by atoms with E-state index in [0.717, 1.165) is 36.2 Å². The Morgan fingerprint density at radius 2 is 1.70 bits per heavy atom. The topological polar surface area (TPSA) is 41.1 Å². The average molecular weight is 268 g/mol. The molecular weight excluding hydrogens is 248 g/mol. The number of hydrogen-bond acceptors (Lipinski definition) is 4. The van der Waals surface area contributed by atoms with Crippen LogP contribution in [-0.2, 0) is 0 Å². The molecule has 1 aliphatic rings. The first-order valence-corrected chi connectivity index (χ1v) is 7.15. The fourth-order valence-electron chi connectivity index (χ4n) is 2.46. The number of nitrogens with zero attached hydrogens (tertiary/aromatic N) is 3. The van der Waals surface area contributed by atoms with Gasteiger partial charge in [0.05, 0.1) is 0 Å². The maximum absolute atomic E-state index is 4.64. The van der Waals surface area contributed by atoms with Crippen LogP contribution in [-0.4, -0.2) is 23.1 Å². The number of hydrogen-bond donors (Lipinski definition) is 1. The van der Waals surface area contributed by atoms with Crippen LogP contribution in [0.15, 0.2) is 30.3 Å². The number of aromatic nitrogens is 2. The third-order valence-electron chi connectivity index (χ3n) is 3.56. The van der Waals surface area contributed by atoms with E-state index in [1.807, 2.05) is 13.0 Å². The number of rotatable bonds is 3. The monoisotopic (exact) mass is 268 g/mol. The van der Waals surface area contributed by atoms with Crippen molar-refractivity contribution in [1.82, 2.24) is 9.97 Å². The summed E-state index contributed by atoms with van der Waals surface area (Å²) in [4.78, 5) is 11.4. The van der Waals surface area contributed by atoms with Gasteiger partial charge >= 0.3 is 0 Å². The van der Waals surface area contributed by atoms with Crippen molar-refractivity contribution in [3.05, 3.63) is 41.6 Å². The van der Waals surface area contributed by atoms with E-state index in [2.05, 4.69) is 51.4 Å². The molecule has 0 radical (unpaired) electrons. The summed E-state index contributed by atoms with van der Waals surface area (Å²) in [7, 11) is 0. The van der Waals surface area contributed by atoms with Gasteiger partial charge in [-0.25, -0.2) is 4.98 Å². The van der Waals surface area contributed by atoms with Crippen LogP contribution >= 0.6 is 0 Å². The second-order valence-corrected chi connectivity index (χ2v) is 5.38. The molecule has 0 aliphatic carbocycles. The molecule has 0 unspecified atom stereocenters. The number of aryl methyl sites for hydroxylation is 2. The van der Waals surface area contributed by atoms with Crippen LogP contribution in [0.2, 0.25) is 0 Å². The molecule has 0 spiro atoms. The lowest BCUT2D eigenvalue weighted by Crippen LogP contribution is -2.21. The SMILES string of the molecule is Cc1ccc(Nc2cc(C)nc(N3CCCC3)n2)cc1. The van der Waals surface area contributed by atoms with E-state index >= 15 is 0 Å². The molecule has 104 valence electrons. The lowest BCUT2D eigenvalue weighted by atomic mass is 10.2. The van der Waals surface area contributed by atoms with E-state index in [0.29, 0.717) is 0 Å². The summed E-state index contributed by atoms with van der Waals surface area (Å²) < 4.78 is 0. The molecule has 0 amide bonds. The lowest BCUT2D eigenvalue weighted by Gasteiger charge is -2.17. The van der Waals surface area contributed by atoms with Crippen LogP contribution in [0.1, 0.15) is 24.1 Å². The van der Waals surface area contributed by atoms with Crippen LogP contribution in [0, 0.1) is 13.8 Å². The Labute approximate surface area is 119 Å². The predicted octanol–water partition coefficient (Wildman–Crippen LogP) is 3.44. The number of nitrogens with one attached hydrogen (secondary N) is 1. The van der Waals surface area contributed by atoms with Crippen LogP contribution in [0.5, 0.6) is 0 Å². The Balaban J connectivity index is 1.83. The molecular formula is C16H20N4. The first-order valence-electron chi connectivity index (χ1n) is 7.15. The fourth-order valence-corrected chi connectivity index (χ4v) is 2.46. The van der Waals surface area contributed by atoms with E-state index in [1.165, 1.54) is 18.4 Å². The Morgan fingerprint density at radius 3 is 2.40 bits per heavy atom. The van der Waals surface area contributed by atoms with Gasteiger partial charge in [0.1, 0.15) is 5.82 Å². The Bertz CT molecular complexity index is 586. The van der Waals surface area contributed by atoms with Gasteiger partial charge in [-0.2, -0.15) is 4.98 Å². The first kappa shape index (κ1) is 12.9. The van der Waals surface area contributed by atoms with Crippen molar-refractivity contribution in [1.29, 1.82) is 0 Å².